The van der Waals surface area contributed by atoms with Gasteiger partial charge in [-0.15, -0.1) is 0 Å². The summed E-state index contributed by atoms with van der Waals surface area (Å²) in [4.78, 5) is 11.3. The van der Waals surface area contributed by atoms with E-state index in [0.29, 0.717) is 28.6 Å². The number of rotatable bonds is 4. The van der Waals surface area contributed by atoms with Crippen LogP contribution in [-0.4, -0.2) is 5.78 Å². The molecule has 0 aliphatic rings. The van der Waals surface area contributed by atoms with E-state index in [4.69, 9.17) is 22.1 Å². The lowest BCUT2D eigenvalue weighted by atomic mass is 10.1. The Morgan fingerprint density at radius 1 is 1.26 bits per heavy atom. The third-order valence-electron chi connectivity index (χ3n) is 2.75. The summed E-state index contributed by atoms with van der Waals surface area (Å²) in [7, 11) is 0. The molecule has 0 saturated carbocycles. The van der Waals surface area contributed by atoms with Crippen LogP contribution in [0.5, 0.6) is 5.75 Å². The molecule has 98 valence electrons. The predicted octanol–water partition coefficient (Wildman–Crippen LogP) is 3.70. The van der Waals surface area contributed by atoms with Crippen molar-refractivity contribution in [2.45, 2.75) is 13.5 Å². The minimum atomic E-state index is -0.0600. The largest absolute Gasteiger partial charge is 0.489 e. The molecule has 0 heterocycles. The molecule has 2 N–H and O–H groups in total. The fourth-order valence-corrected chi connectivity index (χ4v) is 1.92. The summed E-state index contributed by atoms with van der Waals surface area (Å²) in [6.45, 7) is 1.84. The molecule has 3 nitrogen and oxygen atoms in total. The maximum Gasteiger partial charge on any atom is 0.161 e. The number of nitrogen functional groups attached to an aromatic ring is 1. The van der Waals surface area contributed by atoms with Gasteiger partial charge in [-0.05, 0) is 25.1 Å². The van der Waals surface area contributed by atoms with Crippen molar-refractivity contribution in [2.24, 2.45) is 0 Å². The first-order valence-electron chi connectivity index (χ1n) is 5.84. The Balaban J connectivity index is 2.11. The number of ketones is 1. The average molecular weight is 276 g/mol. The molecule has 0 fully saturated rings. The second kappa shape index (κ2) is 5.76. The highest BCUT2D eigenvalue weighted by atomic mass is 35.5. The van der Waals surface area contributed by atoms with E-state index in [2.05, 4.69) is 0 Å². The number of hydrogen-bond donors (Lipinski definition) is 1. The first-order chi connectivity index (χ1) is 9.08. The van der Waals surface area contributed by atoms with Crippen molar-refractivity contribution in [1.29, 1.82) is 0 Å². The summed E-state index contributed by atoms with van der Waals surface area (Å²) in [6.07, 6.45) is 0. The Labute approximate surface area is 117 Å². The molecule has 2 aromatic rings. The molecule has 19 heavy (non-hydrogen) atoms. The van der Waals surface area contributed by atoms with Gasteiger partial charge >= 0.3 is 0 Å². The monoisotopic (exact) mass is 275 g/mol. The van der Waals surface area contributed by atoms with Crippen LogP contribution >= 0.6 is 11.6 Å². The Morgan fingerprint density at radius 3 is 2.63 bits per heavy atom. The Morgan fingerprint density at radius 2 is 2.00 bits per heavy atom. The van der Waals surface area contributed by atoms with E-state index in [1.165, 1.54) is 6.92 Å². The second-order valence-corrected chi connectivity index (χ2v) is 4.59. The van der Waals surface area contributed by atoms with Crippen LogP contribution in [-0.2, 0) is 6.61 Å². The van der Waals surface area contributed by atoms with Crippen molar-refractivity contribution in [1.82, 2.24) is 0 Å². The fraction of sp³-hybridized carbons (Fsp3) is 0.133. The van der Waals surface area contributed by atoms with E-state index in [0.717, 1.165) is 5.56 Å². The first-order valence-corrected chi connectivity index (χ1v) is 6.22. The SMILES string of the molecule is CC(=O)c1ccc(OCc2ccccc2Cl)cc1N. The second-order valence-electron chi connectivity index (χ2n) is 4.19. The van der Waals surface area contributed by atoms with E-state index in [1.54, 1.807) is 18.2 Å². The Bertz CT molecular complexity index is 611. The lowest BCUT2D eigenvalue weighted by Crippen LogP contribution is -2.01. The number of carbonyl (C=O) groups is 1. The number of hydrogen-bond acceptors (Lipinski definition) is 3. The molecule has 0 atom stereocenters. The zero-order chi connectivity index (χ0) is 13.8. The van der Waals surface area contributed by atoms with Gasteiger partial charge < -0.3 is 10.5 Å². The van der Waals surface area contributed by atoms with Crippen LogP contribution < -0.4 is 10.5 Å². The predicted molar refractivity (Wildman–Crippen MR) is 76.6 cm³/mol. The minimum Gasteiger partial charge on any atom is -0.489 e. The number of Topliss-reactive ketones (excluding diaryl/α,β-unsaturated/α-hetero) is 1. The van der Waals surface area contributed by atoms with E-state index in [9.17, 15) is 4.79 Å². The standard InChI is InChI=1S/C15H14ClNO2/c1-10(18)13-7-6-12(8-15(13)17)19-9-11-4-2-3-5-14(11)16/h2-8H,9,17H2,1H3. The number of halogens is 1. The lowest BCUT2D eigenvalue weighted by Gasteiger charge is -2.09. The summed E-state index contributed by atoms with van der Waals surface area (Å²) >= 11 is 6.04. The summed E-state index contributed by atoms with van der Waals surface area (Å²) < 4.78 is 5.61. The van der Waals surface area contributed by atoms with E-state index in [1.807, 2.05) is 24.3 Å². The molecule has 2 rings (SSSR count). The van der Waals surface area contributed by atoms with E-state index < -0.39 is 0 Å². The molecular formula is C15H14ClNO2. The molecule has 0 aliphatic heterocycles. The van der Waals surface area contributed by atoms with Crippen LogP contribution in [0.15, 0.2) is 42.5 Å². The van der Waals surface area contributed by atoms with Crippen molar-refractivity contribution in [3.63, 3.8) is 0 Å². The third-order valence-corrected chi connectivity index (χ3v) is 3.12. The molecule has 0 spiro atoms. The van der Waals surface area contributed by atoms with Crippen LogP contribution in [0.1, 0.15) is 22.8 Å². The molecule has 0 aliphatic carbocycles. The van der Waals surface area contributed by atoms with Gasteiger partial charge in [-0.1, -0.05) is 29.8 Å². The van der Waals surface area contributed by atoms with Gasteiger partial charge in [-0.2, -0.15) is 0 Å². The molecular weight excluding hydrogens is 262 g/mol. The van der Waals surface area contributed by atoms with Gasteiger partial charge in [0.1, 0.15) is 12.4 Å². The number of anilines is 1. The fourth-order valence-electron chi connectivity index (χ4n) is 1.73. The number of nitrogens with two attached hydrogens (primary N) is 1. The minimum absolute atomic E-state index is 0.0600. The lowest BCUT2D eigenvalue weighted by molar-refractivity contribution is 0.101. The van der Waals surface area contributed by atoms with Gasteiger partial charge in [0.15, 0.2) is 5.78 Å². The number of benzene rings is 2. The highest BCUT2D eigenvalue weighted by molar-refractivity contribution is 6.31. The van der Waals surface area contributed by atoms with Crippen LogP contribution in [0.2, 0.25) is 5.02 Å². The van der Waals surface area contributed by atoms with Crippen LogP contribution in [0.3, 0.4) is 0 Å². The summed E-state index contributed by atoms with van der Waals surface area (Å²) in [6, 6.07) is 12.5. The molecule has 0 amide bonds. The van der Waals surface area contributed by atoms with Gasteiger partial charge in [0.25, 0.3) is 0 Å². The smallest absolute Gasteiger partial charge is 0.161 e. The zero-order valence-electron chi connectivity index (χ0n) is 10.5. The highest BCUT2D eigenvalue weighted by Gasteiger charge is 2.06. The van der Waals surface area contributed by atoms with Gasteiger partial charge in [-0.25, -0.2) is 0 Å². The van der Waals surface area contributed by atoms with Crippen molar-refractivity contribution in [2.75, 3.05) is 5.73 Å². The van der Waals surface area contributed by atoms with Crippen molar-refractivity contribution in [3.05, 3.63) is 58.6 Å². The third kappa shape index (κ3) is 3.26. The molecule has 0 aromatic heterocycles. The van der Waals surface area contributed by atoms with Crippen molar-refractivity contribution >= 4 is 23.1 Å². The average Bonchev–Trinajstić information content (AvgIpc) is 2.37. The summed E-state index contributed by atoms with van der Waals surface area (Å²) in [5.41, 5.74) is 7.62. The quantitative estimate of drug-likeness (QED) is 0.684. The van der Waals surface area contributed by atoms with Gasteiger partial charge in [-0.3, -0.25) is 4.79 Å². The normalized spacial score (nSPS) is 10.2. The molecule has 0 bridgehead atoms. The number of ether oxygens (including phenoxy) is 1. The van der Waals surface area contributed by atoms with E-state index >= 15 is 0 Å². The van der Waals surface area contributed by atoms with Crippen LogP contribution in [0.4, 0.5) is 5.69 Å². The molecule has 2 aromatic carbocycles. The Kier molecular flexibility index (Phi) is 4.07. The topological polar surface area (TPSA) is 52.3 Å². The van der Waals surface area contributed by atoms with Gasteiger partial charge in [0.05, 0.1) is 0 Å². The maximum absolute atomic E-state index is 11.3. The molecule has 0 unspecified atom stereocenters. The highest BCUT2D eigenvalue weighted by Crippen LogP contribution is 2.22. The summed E-state index contributed by atoms with van der Waals surface area (Å²) in [5, 5.41) is 0.663. The van der Waals surface area contributed by atoms with Crippen LogP contribution in [0, 0.1) is 0 Å². The van der Waals surface area contributed by atoms with Crippen molar-refractivity contribution in [3.8, 4) is 5.75 Å². The first kappa shape index (κ1) is 13.4. The zero-order valence-corrected chi connectivity index (χ0v) is 11.3. The van der Waals surface area contributed by atoms with Gasteiger partial charge in [0.2, 0.25) is 0 Å². The Hall–Kier alpha value is -2.00. The molecule has 0 saturated heterocycles. The van der Waals surface area contributed by atoms with Crippen LogP contribution in [0.25, 0.3) is 0 Å². The van der Waals surface area contributed by atoms with Gasteiger partial charge in [0, 0.05) is 27.9 Å². The maximum atomic E-state index is 11.3. The van der Waals surface area contributed by atoms with E-state index in [-0.39, 0.29) is 5.78 Å². The molecule has 0 radical (unpaired) electrons. The summed E-state index contributed by atoms with van der Waals surface area (Å²) in [5.74, 6) is 0.553. The van der Waals surface area contributed by atoms with Crippen molar-refractivity contribution < 1.29 is 9.53 Å². The molecule has 4 heteroatoms. The number of carbonyl (C=O) groups excluding carboxylic acids is 1.